The average molecular weight is 179 g/mol. The number of aryl methyl sites for hydroxylation is 1. The molecule has 0 fully saturated rings. The smallest absolute Gasteiger partial charge is 0.127 e. The van der Waals surface area contributed by atoms with Crippen LogP contribution >= 0.6 is 0 Å². The second kappa shape index (κ2) is 3.46. The first-order valence-corrected chi connectivity index (χ1v) is 4.72. The van der Waals surface area contributed by atoms with Crippen molar-refractivity contribution >= 4 is 0 Å². The second-order valence-corrected chi connectivity index (χ2v) is 3.58. The summed E-state index contributed by atoms with van der Waals surface area (Å²) in [6.07, 6.45) is -0.193. The van der Waals surface area contributed by atoms with E-state index in [2.05, 4.69) is 5.32 Å². The number of alkyl halides is 1. The van der Waals surface area contributed by atoms with Gasteiger partial charge in [0, 0.05) is 6.54 Å². The highest BCUT2D eigenvalue weighted by molar-refractivity contribution is 5.36. The van der Waals surface area contributed by atoms with Gasteiger partial charge >= 0.3 is 0 Å². The molecule has 1 unspecified atom stereocenters. The van der Waals surface area contributed by atoms with E-state index in [1.54, 1.807) is 0 Å². The summed E-state index contributed by atoms with van der Waals surface area (Å²) in [6, 6.07) is 5.88. The minimum Gasteiger partial charge on any atom is -0.313 e. The molecule has 1 aromatic carbocycles. The number of halogens is 1. The van der Waals surface area contributed by atoms with Crippen LogP contribution in [0.4, 0.5) is 4.39 Å². The maximum atomic E-state index is 13.6. The van der Waals surface area contributed by atoms with Gasteiger partial charge in [0.25, 0.3) is 0 Å². The standard InChI is InChI=1S/C11H14FN/c1-8-3-2-4-9-10(8)7-13-6-5-11(9)12/h2-4,11,13H,5-7H2,1H3. The van der Waals surface area contributed by atoms with E-state index >= 15 is 0 Å². The van der Waals surface area contributed by atoms with Crippen molar-refractivity contribution in [1.29, 1.82) is 0 Å². The van der Waals surface area contributed by atoms with E-state index in [9.17, 15) is 4.39 Å². The molecule has 13 heavy (non-hydrogen) atoms. The number of benzene rings is 1. The number of hydrogen-bond donors (Lipinski definition) is 1. The van der Waals surface area contributed by atoms with Crippen molar-refractivity contribution in [2.75, 3.05) is 6.54 Å². The zero-order chi connectivity index (χ0) is 9.26. The molecule has 1 heterocycles. The molecule has 1 aliphatic heterocycles. The number of nitrogens with one attached hydrogen (secondary N) is 1. The molecule has 1 aromatic rings. The number of fused-ring (bicyclic) bond motifs is 1. The van der Waals surface area contributed by atoms with Gasteiger partial charge in [0.1, 0.15) is 6.17 Å². The predicted octanol–water partition coefficient (Wildman–Crippen LogP) is 2.50. The van der Waals surface area contributed by atoms with Crippen molar-refractivity contribution in [3.05, 3.63) is 34.9 Å². The summed E-state index contributed by atoms with van der Waals surface area (Å²) >= 11 is 0. The van der Waals surface area contributed by atoms with Gasteiger partial charge in [-0.15, -0.1) is 0 Å². The maximum Gasteiger partial charge on any atom is 0.127 e. The Morgan fingerprint density at radius 2 is 2.31 bits per heavy atom. The summed E-state index contributed by atoms with van der Waals surface area (Å²) in [4.78, 5) is 0. The third-order valence-electron chi connectivity index (χ3n) is 2.66. The number of hydrogen-bond acceptors (Lipinski definition) is 1. The van der Waals surface area contributed by atoms with E-state index < -0.39 is 6.17 Å². The molecule has 0 bridgehead atoms. The lowest BCUT2D eigenvalue weighted by Gasteiger charge is -2.10. The van der Waals surface area contributed by atoms with E-state index in [0.717, 1.165) is 24.2 Å². The van der Waals surface area contributed by atoms with Crippen LogP contribution in [0.3, 0.4) is 0 Å². The van der Waals surface area contributed by atoms with Gasteiger partial charge in [-0.3, -0.25) is 0 Å². The first kappa shape index (κ1) is 8.70. The highest BCUT2D eigenvalue weighted by Gasteiger charge is 2.17. The Kier molecular flexibility index (Phi) is 2.32. The molecule has 1 nitrogen and oxygen atoms in total. The van der Waals surface area contributed by atoms with Gasteiger partial charge in [0.15, 0.2) is 0 Å². The Bertz CT molecular complexity index is 309. The van der Waals surface area contributed by atoms with Crippen LogP contribution < -0.4 is 5.32 Å². The minimum absolute atomic E-state index is 0.594. The lowest BCUT2D eigenvalue weighted by molar-refractivity contribution is 0.326. The predicted molar refractivity (Wildman–Crippen MR) is 51.4 cm³/mol. The average Bonchev–Trinajstić information content (AvgIpc) is 2.30. The van der Waals surface area contributed by atoms with Crippen LogP contribution in [0.2, 0.25) is 0 Å². The molecular formula is C11H14FN. The lowest BCUT2D eigenvalue weighted by atomic mass is 9.98. The van der Waals surface area contributed by atoms with Gasteiger partial charge < -0.3 is 5.32 Å². The first-order valence-electron chi connectivity index (χ1n) is 4.72. The number of rotatable bonds is 0. The largest absolute Gasteiger partial charge is 0.313 e. The topological polar surface area (TPSA) is 12.0 Å². The molecule has 2 heteroatoms. The third kappa shape index (κ3) is 1.59. The van der Waals surface area contributed by atoms with Gasteiger partial charge in [-0.2, -0.15) is 0 Å². The summed E-state index contributed by atoms with van der Waals surface area (Å²) in [7, 11) is 0. The van der Waals surface area contributed by atoms with E-state index in [0.29, 0.717) is 6.42 Å². The highest BCUT2D eigenvalue weighted by Crippen LogP contribution is 2.28. The summed E-state index contributed by atoms with van der Waals surface area (Å²) in [5, 5.41) is 3.23. The fraction of sp³-hybridized carbons (Fsp3) is 0.455. The van der Waals surface area contributed by atoms with Crippen LogP contribution in [0.15, 0.2) is 18.2 Å². The molecule has 2 rings (SSSR count). The zero-order valence-electron chi connectivity index (χ0n) is 7.81. The monoisotopic (exact) mass is 179 g/mol. The van der Waals surface area contributed by atoms with Crippen molar-refractivity contribution in [2.24, 2.45) is 0 Å². The molecule has 1 aliphatic rings. The fourth-order valence-electron chi connectivity index (χ4n) is 1.86. The van der Waals surface area contributed by atoms with Gasteiger partial charge in [-0.05, 0) is 36.6 Å². The Labute approximate surface area is 78.0 Å². The van der Waals surface area contributed by atoms with Gasteiger partial charge in [0.2, 0.25) is 0 Å². The molecule has 0 spiro atoms. The van der Waals surface area contributed by atoms with Crippen LogP contribution in [0.1, 0.15) is 29.3 Å². The van der Waals surface area contributed by atoms with E-state index in [1.165, 1.54) is 5.56 Å². The van der Waals surface area contributed by atoms with Crippen molar-refractivity contribution in [3.8, 4) is 0 Å². The maximum absolute atomic E-state index is 13.6. The Morgan fingerprint density at radius 3 is 3.15 bits per heavy atom. The normalized spacial score (nSPS) is 22.2. The van der Waals surface area contributed by atoms with Crippen LogP contribution in [0.5, 0.6) is 0 Å². The molecule has 0 saturated carbocycles. The lowest BCUT2D eigenvalue weighted by Crippen LogP contribution is -2.12. The molecule has 0 saturated heterocycles. The summed E-state index contributed by atoms with van der Waals surface area (Å²) in [5.41, 5.74) is 3.21. The fourth-order valence-corrected chi connectivity index (χ4v) is 1.86. The summed E-state index contributed by atoms with van der Waals surface area (Å²) in [5.74, 6) is 0. The van der Waals surface area contributed by atoms with E-state index in [-0.39, 0.29) is 0 Å². The summed E-state index contributed by atoms with van der Waals surface area (Å²) in [6.45, 7) is 3.62. The Morgan fingerprint density at radius 1 is 1.46 bits per heavy atom. The van der Waals surface area contributed by atoms with Gasteiger partial charge in [-0.1, -0.05) is 18.2 Å². The van der Waals surface area contributed by atoms with Crippen molar-refractivity contribution < 1.29 is 4.39 Å². The van der Waals surface area contributed by atoms with Crippen molar-refractivity contribution in [2.45, 2.75) is 26.1 Å². The molecule has 0 radical (unpaired) electrons. The quantitative estimate of drug-likeness (QED) is 0.645. The van der Waals surface area contributed by atoms with Crippen LogP contribution in [0.25, 0.3) is 0 Å². The molecule has 1 atom stereocenters. The molecular weight excluding hydrogens is 165 g/mol. The second-order valence-electron chi connectivity index (χ2n) is 3.58. The molecule has 1 N–H and O–H groups in total. The van der Waals surface area contributed by atoms with Gasteiger partial charge in [-0.25, -0.2) is 4.39 Å². The van der Waals surface area contributed by atoms with Gasteiger partial charge in [0.05, 0.1) is 0 Å². The van der Waals surface area contributed by atoms with E-state index in [4.69, 9.17) is 0 Å². The third-order valence-corrected chi connectivity index (χ3v) is 2.66. The minimum atomic E-state index is -0.787. The van der Waals surface area contributed by atoms with Crippen molar-refractivity contribution in [1.82, 2.24) is 5.32 Å². The SMILES string of the molecule is Cc1cccc2c1CNCCC2F. The zero-order valence-corrected chi connectivity index (χ0v) is 7.81. The molecule has 0 amide bonds. The first-order chi connectivity index (χ1) is 6.29. The molecule has 70 valence electrons. The summed E-state index contributed by atoms with van der Waals surface area (Å²) < 4.78 is 13.6. The Balaban J connectivity index is 2.47. The van der Waals surface area contributed by atoms with E-state index in [1.807, 2.05) is 25.1 Å². The highest BCUT2D eigenvalue weighted by atomic mass is 19.1. The van der Waals surface area contributed by atoms with Crippen LogP contribution in [-0.2, 0) is 6.54 Å². The molecule has 0 aromatic heterocycles. The van der Waals surface area contributed by atoms with Crippen LogP contribution in [-0.4, -0.2) is 6.54 Å². The van der Waals surface area contributed by atoms with Crippen LogP contribution in [0, 0.1) is 6.92 Å². The van der Waals surface area contributed by atoms with Crippen molar-refractivity contribution in [3.63, 3.8) is 0 Å². The molecule has 0 aliphatic carbocycles. The Hall–Kier alpha value is -0.890.